The van der Waals surface area contributed by atoms with Crippen LogP contribution in [-0.2, 0) is 6.54 Å². The second-order valence-electron chi connectivity index (χ2n) is 5.01. The summed E-state index contributed by atoms with van der Waals surface area (Å²) in [6.45, 7) is 6.62. The number of hydrogen-bond acceptors (Lipinski definition) is 4. The molecule has 1 aliphatic rings. The van der Waals surface area contributed by atoms with Gasteiger partial charge in [0.25, 0.3) is 0 Å². The van der Waals surface area contributed by atoms with Crippen molar-refractivity contribution in [1.82, 2.24) is 9.80 Å². The molecule has 1 fully saturated rings. The number of aliphatic hydroxyl groups excluding tert-OH is 1. The molecule has 1 N–H and O–H groups in total. The third kappa shape index (κ3) is 4.20. The lowest BCUT2D eigenvalue weighted by Crippen LogP contribution is -2.46. The maximum atomic E-state index is 8.85. The smallest absolute Gasteiger partial charge is 0.123 e. The summed E-state index contributed by atoms with van der Waals surface area (Å²) in [4.78, 5) is 4.89. The Kier molecular flexibility index (Phi) is 5.63. The van der Waals surface area contributed by atoms with Crippen LogP contribution in [0, 0.1) is 0 Å². The highest BCUT2D eigenvalue weighted by molar-refractivity contribution is 5.33. The largest absolute Gasteiger partial charge is 0.496 e. The summed E-state index contributed by atoms with van der Waals surface area (Å²) in [5, 5.41) is 8.85. The summed E-state index contributed by atoms with van der Waals surface area (Å²) in [6.07, 6.45) is 0.881. The van der Waals surface area contributed by atoms with E-state index in [9.17, 15) is 0 Å². The van der Waals surface area contributed by atoms with Crippen molar-refractivity contribution in [2.45, 2.75) is 13.0 Å². The average Bonchev–Trinajstić information content (AvgIpc) is 2.47. The van der Waals surface area contributed by atoms with E-state index >= 15 is 0 Å². The van der Waals surface area contributed by atoms with Crippen LogP contribution in [-0.4, -0.2) is 61.3 Å². The minimum atomic E-state index is 0.293. The van der Waals surface area contributed by atoms with Gasteiger partial charge in [0.05, 0.1) is 7.11 Å². The number of piperazine rings is 1. The van der Waals surface area contributed by atoms with Crippen LogP contribution in [0.15, 0.2) is 24.3 Å². The van der Waals surface area contributed by atoms with Crippen molar-refractivity contribution >= 4 is 0 Å². The Morgan fingerprint density at radius 2 is 1.79 bits per heavy atom. The minimum Gasteiger partial charge on any atom is -0.496 e. The lowest BCUT2D eigenvalue weighted by Gasteiger charge is -2.34. The molecule has 0 bridgehead atoms. The highest BCUT2D eigenvalue weighted by Gasteiger charge is 2.17. The molecule has 1 aromatic carbocycles. The maximum Gasteiger partial charge on any atom is 0.123 e. The van der Waals surface area contributed by atoms with Crippen molar-refractivity contribution in [3.05, 3.63) is 29.8 Å². The molecule has 1 heterocycles. The Labute approximate surface area is 115 Å². The number of aliphatic hydroxyl groups is 1. The Balaban J connectivity index is 1.82. The van der Waals surface area contributed by atoms with Gasteiger partial charge in [0.2, 0.25) is 0 Å². The van der Waals surface area contributed by atoms with Gasteiger partial charge in [0.15, 0.2) is 0 Å². The summed E-state index contributed by atoms with van der Waals surface area (Å²) >= 11 is 0. The van der Waals surface area contributed by atoms with Gasteiger partial charge in [-0.05, 0) is 12.5 Å². The highest BCUT2D eigenvalue weighted by Crippen LogP contribution is 2.19. The maximum absolute atomic E-state index is 8.85. The number of nitrogens with zero attached hydrogens (tertiary/aromatic N) is 2. The Morgan fingerprint density at radius 3 is 2.47 bits per heavy atom. The van der Waals surface area contributed by atoms with Crippen LogP contribution in [0.1, 0.15) is 12.0 Å². The molecule has 1 saturated heterocycles. The zero-order valence-electron chi connectivity index (χ0n) is 11.7. The Bertz CT molecular complexity index is 376. The van der Waals surface area contributed by atoms with Crippen LogP contribution >= 0.6 is 0 Å². The summed E-state index contributed by atoms with van der Waals surface area (Å²) in [6, 6.07) is 8.23. The quantitative estimate of drug-likeness (QED) is 0.837. The van der Waals surface area contributed by atoms with Gasteiger partial charge >= 0.3 is 0 Å². The van der Waals surface area contributed by atoms with E-state index in [4.69, 9.17) is 9.84 Å². The molecule has 0 saturated carbocycles. The van der Waals surface area contributed by atoms with E-state index in [1.165, 1.54) is 5.56 Å². The van der Waals surface area contributed by atoms with E-state index in [0.29, 0.717) is 6.61 Å². The molecule has 106 valence electrons. The number of hydrogen-bond donors (Lipinski definition) is 1. The molecule has 19 heavy (non-hydrogen) atoms. The van der Waals surface area contributed by atoms with Crippen molar-refractivity contribution < 1.29 is 9.84 Å². The van der Waals surface area contributed by atoms with Crippen molar-refractivity contribution in [3.63, 3.8) is 0 Å². The lowest BCUT2D eigenvalue weighted by molar-refractivity contribution is 0.119. The topological polar surface area (TPSA) is 35.9 Å². The third-order valence-corrected chi connectivity index (χ3v) is 3.68. The average molecular weight is 264 g/mol. The van der Waals surface area contributed by atoms with E-state index in [1.54, 1.807) is 7.11 Å². The van der Waals surface area contributed by atoms with E-state index in [-0.39, 0.29) is 0 Å². The SMILES string of the molecule is COc1ccccc1CN1CCN(CCCO)CC1. The second kappa shape index (κ2) is 7.48. The molecule has 0 radical (unpaired) electrons. The van der Waals surface area contributed by atoms with Gasteiger partial charge in [-0.25, -0.2) is 0 Å². The van der Waals surface area contributed by atoms with Crippen LogP contribution in [0.4, 0.5) is 0 Å². The first-order valence-electron chi connectivity index (χ1n) is 7.01. The van der Waals surface area contributed by atoms with Crippen LogP contribution in [0.3, 0.4) is 0 Å². The number of para-hydroxylation sites is 1. The zero-order valence-corrected chi connectivity index (χ0v) is 11.7. The molecule has 2 rings (SSSR count). The van der Waals surface area contributed by atoms with Crippen LogP contribution < -0.4 is 4.74 Å². The monoisotopic (exact) mass is 264 g/mol. The zero-order chi connectivity index (χ0) is 13.5. The number of ether oxygens (including phenoxy) is 1. The summed E-state index contributed by atoms with van der Waals surface area (Å²) in [5.41, 5.74) is 1.26. The lowest BCUT2D eigenvalue weighted by atomic mass is 10.1. The fraction of sp³-hybridized carbons (Fsp3) is 0.600. The van der Waals surface area contributed by atoms with Gasteiger partial charge in [-0.3, -0.25) is 4.90 Å². The fourth-order valence-electron chi connectivity index (χ4n) is 2.54. The first-order chi connectivity index (χ1) is 9.33. The van der Waals surface area contributed by atoms with E-state index in [2.05, 4.69) is 21.9 Å². The number of methoxy groups -OCH3 is 1. The molecule has 0 amide bonds. The van der Waals surface area contributed by atoms with E-state index < -0.39 is 0 Å². The van der Waals surface area contributed by atoms with Crippen molar-refractivity contribution in [1.29, 1.82) is 0 Å². The van der Waals surface area contributed by atoms with E-state index in [0.717, 1.165) is 51.4 Å². The standard InChI is InChI=1S/C15H24N2O2/c1-19-15-6-3-2-5-14(15)13-17-10-8-16(9-11-17)7-4-12-18/h2-3,5-6,18H,4,7-13H2,1H3. The normalized spacial score (nSPS) is 17.6. The first-order valence-corrected chi connectivity index (χ1v) is 7.01. The molecule has 1 aromatic rings. The summed E-state index contributed by atoms with van der Waals surface area (Å²) in [7, 11) is 1.73. The minimum absolute atomic E-state index is 0.293. The molecule has 4 heteroatoms. The third-order valence-electron chi connectivity index (χ3n) is 3.68. The molecule has 0 atom stereocenters. The molecule has 1 aliphatic heterocycles. The Morgan fingerprint density at radius 1 is 1.11 bits per heavy atom. The first kappa shape index (κ1) is 14.3. The van der Waals surface area contributed by atoms with Crippen molar-refractivity contribution in [2.24, 2.45) is 0 Å². The molecular weight excluding hydrogens is 240 g/mol. The van der Waals surface area contributed by atoms with Gasteiger partial charge in [0, 0.05) is 51.4 Å². The van der Waals surface area contributed by atoms with Crippen LogP contribution in [0.25, 0.3) is 0 Å². The van der Waals surface area contributed by atoms with Crippen LogP contribution in [0.5, 0.6) is 5.75 Å². The number of benzene rings is 1. The van der Waals surface area contributed by atoms with Gasteiger partial charge < -0.3 is 14.7 Å². The molecule has 0 aliphatic carbocycles. The number of rotatable bonds is 6. The Hall–Kier alpha value is -1.10. The summed E-state index contributed by atoms with van der Waals surface area (Å²) < 4.78 is 5.40. The van der Waals surface area contributed by atoms with Gasteiger partial charge in [0.1, 0.15) is 5.75 Å². The highest BCUT2D eigenvalue weighted by atomic mass is 16.5. The molecule has 0 spiro atoms. The van der Waals surface area contributed by atoms with Crippen molar-refractivity contribution in [3.8, 4) is 5.75 Å². The van der Waals surface area contributed by atoms with Gasteiger partial charge in [-0.2, -0.15) is 0 Å². The predicted molar refractivity (Wildman–Crippen MR) is 76.4 cm³/mol. The van der Waals surface area contributed by atoms with Crippen molar-refractivity contribution in [2.75, 3.05) is 46.4 Å². The van der Waals surface area contributed by atoms with Gasteiger partial charge in [-0.15, -0.1) is 0 Å². The van der Waals surface area contributed by atoms with E-state index in [1.807, 2.05) is 12.1 Å². The fourth-order valence-corrected chi connectivity index (χ4v) is 2.54. The van der Waals surface area contributed by atoms with Crippen LogP contribution in [0.2, 0.25) is 0 Å². The molecule has 0 aromatic heterocycles. The predicted octanol–water partition coefficient (Wildman–Crippen LogP) is 1.20. The van der Waals surface area contributed by atoms with Gasteiger partial charge in [-0.1, -0.05) is 18.2 Å². The summed E-state index contributed by atoms with van der Waals surface area (Å²) in [5.74, 6) is 0.977. The molecule has 4 nitrogen and oxygen atoms in total. The molecular formula is C15H24N2O2. The molecule has 0 unspecified atom stereocenters. The second-order valence-corrected chi connectivity index (χ2v) is 5.01.